The van der Waals surface area contributed by atoms with Crippen molar-refractivity contribution in [3.63, 3.8) is 0 Å². The SMILES string of the molecule is Br.CC.CC.CC.CC.CC.CC.CC1(C)C=C(C=O)c2ccccc2OC1.CC1(C)C=C(CBr)c2ccccc2OC1.CC1(C)COc2ccccc2C(=O)C1.CC1(C)COc2ccccc2C(C)(O)C1.CC1=CC(C)(C)COc2ccccc21.II.[H+]. The number of fused-ring (bicyclic) bond motifs is 5. The van der Waals surface area contributed by atoms with E-state index in [0.717, 1.165) is 76.7 Å². The molecule has 8 nitrogen and oxygen atoms in total. The van der Waals surface area contributed by atoms with Gasteiger partial charge in [0.1, 0.15) is 35.0 Å². The highest BCUT2D eigenvalue weighted by Crippen LogP contribution is 2.43. The Morgan fingerprint density at radius 2 is 0.795 bits per heavy atom. The molecule has 0 radical (unpaired) electrons. The zero-order chi connectivity index (χ0) is 67.2. The Balaban J connectivity index is -0.000000480. The number of rotatable bonds is 2. The first-order chi connectivity index (χ1) is 41.3. The van der Waals surface area contributed by atoms with Crippen LogP contribution in [0.2, 0.25) is 0 Å². The molecule has 1 unspecified atom stereocenters. The lowest BCUT2D eigenvalue weighted by Gasteiger charge is -2.29. The van der Waals surface area contributed by atoms with Crippen LogP contribution in [0.25, 0.3) is 16.7 Å². The second-order valence-corrected chi connectivity index (χ2v) is 24.2. The Bertz CT molecular complexity index is 2830. The average molecular weight is 1570 g/mol. The van der Waals surface area contributed by atoms with Gasteiger partial charge >= 0.3 is 1.43 Å². The van der Waals surface area contributed by atoms with Gasteiger partial charge in [-0.1, -0.05) is 271 Å². The number of aliphatic hydroxyl groups is 1. The van der Waals surface area contributed by atoms with Crippen molar-refractivity contribution >= 4 is 98.9 Å². The first-order valence-corrected chi connectivity index (χ1v) is 38.9. The van der Waals surface area contributed by atoms with Gasteiger partial charge in [-0.3, -0.25) is 9.59 Å². The summed E-state index contributed by atoms with van der Waals surface area (Å²) in [5.74, 6) is 4.52. The number of Topliss-reactive ketones (excluding diaryl/α,β-unsaturated/α-hetero) is 1. The van der Waals surface area contributed by atoms with Crippen molar-refractivity contribution in [2.75, 3.05) is 38.4 Å². The summed E-state index contributed by atoms with van der Waals surface area (Å²) in [5, 5.41) is 11.3. The summed E-state index contributed by atoms with van der Waals surface area (Å²) >= 11 is 7.78. The average Bonchev–Trinajstić information content (AvgIpc) is 3.01. The summed E-state index contributed by atoms with van der Waals surface area (Å²) in [6, 6.07) is 39.3. The van der Waals surface area contributed by atoms with Crippen LogP contribution in [0.15, 0.2) is 140 Å². The maximum absolute atomic E-state index is 11.8. The maximum atomic E-state index is 11.8. The van der Waals surface area contributed by atoms with Gasteiger partial charge in [0.25, 0.3) is 0 Å². The first-order valence-electron chi connectivity index (χ1n) is 31.5. The van der Waals surface area contributed by atoms with Gasteiger partial charge in [0.15, 0.2) is 5.78 Å². The van der Waals surface area contributed by atoms with E-state index in [1.807, 2.05) is 193 Å². The molecule has 0 fully saturated rings. The number of aldehydes is 1. The Labute approximate surface area is 580 Å². The number of carbonyl (C=O) groups is 2. The topological polar surface area (TPSA) is 101 Å². The third kappa shape index (κ3) is 30.4. The molecule has 5 aliphatic heterocycles. The number of benzene rings is 5. The van der Waals surface area contributed by atoms with Crippen molar-refractivity contribution in [2.24, 2.45) is 27.1 Å². The number of hydrogen-bond donors (Lipinski definition) is 1. The van der Waals surface area contributed by atoms with Crippen molar-refractivity contribution < 1.29 is 39.8 Å². The minimum Gasteiger partial charge on any atom is -0.493 e. The Morgan fingerprint density at radius 1 is 0.466 bits per heavy atom. The highest BCUT2D eigenvalue weighted by atomic mass is 128. The van der Waals surface area contributed by atoms with E-state index in [2.05, 4.69) is 166 Å². The highest BCUT2D eigenvalue weighted by Gasteiger charge is 2.37. The molecular formula is C76H115Br2I2O8+. The largest absolute Gasteiger partial charge is 1.00 e. The lowest BCUT2D eigenvalue weighted by atomic mass is 9.79. The summed E-state index contributed by atoms with van der Waals surface area (Å²) in [5.41, 5.74) is 7.55. The fourth-order valence-electron chi connectivity index (χ4n) is 9.51. The Kier molecular flexibility index (Phi) is 45.5. The molecule has 0 aromatic heterocycles. The van der Waals surface area contributed by atoms with Crippen LogP contribution in [0, 0.1) is 27.1 Å². The number of ether oxygens (including phenoxy) is 5. The van der Waals surface area contributed by atoms with Gasteiger partial charge < -0.3 is 28.8 Å². The fraction of sp³-hybridized carbons (Fsp3) is 0.500. The number of ketones is 1. The quantitative estimate of drug-likeness (QED) is 0.106. The third-order valence-corrected chi connectivity index (χ3v) is 13.5. The maximum Gasteiger partial charge on any atom is 1.00 e. The predicted octanol–water partition coefficient (Wildman–Crippen LogP) is 24.1. The molecule has 0 amide bonds. The van der Waals surface area contributed by atoms with Gasteiger partial charge in [0.2, 0.25) is 0 Å². The van der Waals surface area contributed by atoms with Crippen LogP contribution in [0.3, 0.4) is 0 Å². The Morgan fingerprint density at radius 3 is 1.26 bits per heavy atom. The first kappa shape index (κ1) is 88.2. The molecule has 0 aliphatic carbocycles. The van der Waals surface area contributed by atoms with Crippen molar-refractivity contribution in [2.45, 2.75) is 185 Å². The molecule has 1 atom stereocenters. The molecule has 12 heteroatoms. The van der Waals surface area contributed by atoms with Crippen LogP contribution >= 0.6 is 70.1 Å². The van der Waals surface area contributed by atoms with Gasteiger partial charge in [-0.25, -0.2) is 0 Å². The van der Waals surface area contributed by atoms with Crippen molar-refractivity contribution in [1.29, 1.82) is 0 Å². The molecule has 494 valence electrons. The summed E-state index contributed by atoms with van der Waals surface area (Å²) in [7, 11) is 0. The highest BCUT2D eigenvalue weighted by molar-refractivity contribution is 15.0. The second-order valence-electron chi connectivity index (χ2n) is 23.6. The van der Waals surface area contributed by atoms with E-state index in [4.69, 9.17) is 23.7 Å². The zero-order valence-corrected chi connectivity index (χ0v) is 66.0. The normalized spacial score (nSPS) is 17.7. The molecule has 5 aromatic rings. The van der Waals surface area contributed by atoms with Crippen molar-refractivity contribution in [3.05, 3.63) is 167 Å². The van der Waals surface area contributed by atoms with Crippen LogP contribution in [0.4, 0.5) is 0 Å². The molecule has 0 spiro atoms. The van der Waals surface area contributed by atoms with Crippen LogP contribution in [-0.2, 0) is 10.4 Å². The van der Waals surface area contributed by atoms with Crippen LogP contribution in [0.1, 0.15) is 213 Å². The van der Waals surface area contributed by atoms with E-state index in [-0.39, 0.29) is 51.3 Å². The van der Waals surface area contributed by atoms with E-state index >= 15 is 0 Å². The third-order valence-electron chi connectivity index (χ3n) is 12.9. The zero-order valence-electron chi connectivity index (χ0n) is 59.4. The number of allylic oxidation sites excluding steroid dienone is 3. The molecule has 10 rings (SSSR count). The Hall–Kier alpha value is -3.96. The van der Waals surface area contributed by atoms with E-state index in [0.29, 0.717) is 31.8 Å². The van der Waals surface area contributed by atoms with Gasteiger partial charge in [0, 0.05) is 104 Å². The van der Waals surface area contributed by atoms with Gasteiger partial charge in [0.05, 0.1) is 44.2 Å². The molecule has 5 aromatic carbocycles. The van der Waals surface area contributed by atoms with E-state index in [1.54, 1.807) is 0 Å². The molecule has 88 heavy (non-hydrogen) atoms. The van der Waals surface area contributed by atoms with Crippen molar-refractivity contribution in [3.8, 4) is 28.7 Å². The second kappa shape index (κ2) is 45.3. The monoisotopic (exact) mass is 1570 g/mol. The molecule has 0 saturated heterocycles. The smallest absolute Gasteiger partial charge is 0.493 e. The number of hydrogen-bond acceptors (Lipinski definition) is 8. The number of alkyl halides is 1. The van der Waals surface area contributed by atoms with Crippen LogP contribution in [0.5, 0.6) is 28.7 Å². The van der Waals surface area contributed by atoms with Crippen LogP contribution in [-0.4, -0.2) is 55.5 Å². The van der Waals surface area contributed by atoms with E-state index in [1.165, 1.54) is 22.3 Å². The minimum absolute atomic E-state index is 0. The summed E-state index contributed by atoms with van der Waals surface area (Å²) in [4.78, 5) is 22.9. The van der Waals surface area contributed by atoms with Gasteiger partial charge in [-0.15, -0.1) is 17.0 Å². The number of para-hydroxylation sites is 5. The summed E-state index contributed by atoms with van der Waals surface area (Å²) < 4.78 is 28.6. The standard InChI is InChI=1S/C13H15BrO.C13H18O2.C13H14O2.C13H16O.C12H14O2.6C2H6.BrH.I2/c1-13(2)7-10(8-14)11-5-3-4-6-12(11)15-9-13;1-12(2)8-13(3,14)10-6-4-5-7-11(10)15-9-12;1-13(2)7-10(8-14)11-5-3-4-6-12(11)15-9-13;1-10-8-13(2,3)9-14-12-7-5-4-6-11(10)12;1-12(2)7-10(13)9-5-3-4-6-11(9)14-8-12;6*1-2;;1-2/h3-7H,8-9H2,1-2H3;4-7,14H,8-9H2,1-3H3;3-8H,9H2,1-2H3;4-8H,9H2,1-3H3;3-6H,7-8H2,1-2H3;6*1-2H3;1H;/p+1. The van der Waals surface area contributed by atoms with E-state index < -0.39 is 5.60 Å². The lowest BCUT2D eigenvalue weighted by Crippen LogP contribution is -2.29. The summed E-state index contributed by atoms with van der Waals surface area (Å²) in [6.07, 6.45) is 8.74. The molecule has 1 N–H and O–H groups in total. The van der Waals surface area contributed by atoms with E-state index in [9.17, 15) is 14.7 Å². The molecule has 0 saturated carbocycles. The molecule has 5 aliphatic rings. The van der Waals surface area contributed by atoms with Gasteiger partial charge in [-0.2, -0.15) is 0 Å². The van der Waals surface area contributed by atoms with Crippen molar-refractivity contribution in [1.82, 2.24) is 0 Å². The molecule has 0 bridgehead atoms. The number of carbonyl (C=O) groups excluding carboxylic acids is 2. The lowest BCUT2D eigenvalue weighted by molar-refractivity contribution is -0.103. The minimum atomic E-state index is -0.795. The molecular weight excluding hydrogens is 1450 g/mol. The summed E-state index contributed by atoms with van der Waals surface area (Å²) in [6.45, 7) is 52.6. The number of halogens is 4. The van der Waals surface area contributed by atoms with Crippen LogP contribution < -0.4 is 23.7 Å². The molecule has 5 heterocycles. The predicted molar refractivity (Wildman–Crippen MR) is 409 cm³/mol. The fourth-order valence-corrected chi connectivity index (χ4v) is 9.97. The van der Waals surface area contributed by atoms with Gasteiger partial charge in [-0.05, 0) is 67.8 Å².